The summed E-state index contributed by atoms with van der Waals surface area (Å²) >= 11 is 1.86. The van der Waals surface area contributed by atoms with Crippen LogP contribution in [0.25, 0.3) is 22.5 Å². The Bertz CT molecular complexity index is 929. The Morgan fingerprint density at radius 2 is 1.44 bits per heavy atom. The van der Waals surface area contributed by atoms with Gasteiger partial charge in [-0.2, -0.15) is 0 Å². The van der Waals surface area contributed by atoms with E-state index in [1.807, 2.05) is 23.9 Å². The third-order valence-electron chi connectivity index (χ3n) is 4.11. The van der Waals surface area contributed by atoms with Crippen molar-refractivity contribution in [3.63, 3.8) is 0 Å². The molecule has 122 valence electrons. The van der Waals surface area contributed by atoms with Crippen molar-refractivity contribution in [2.75, 3.05) is 0 Å². The summed E-state index contributed by atoms with van der Waals surface area (Å²) in [6, 6.07) is 31.5. The lowest BCUT2D eigenvalue weighted by molar-refractivity contribution is 0.582. The maximum atomic E-state index is 5.69. The molecular formula is C23H18OS. The van der Waals surface area contributed by atoms with Crippen LogP contribution in [-0.4, -0.2) is 0 Å². The summed E-state index contributed by atoms with van der Waals surface area (Å²) < 4.78 is 5.69. The Morgan fingerprint density at radius 1 is 0.680 bits per heavy atom. The summed E-state index contributed by atoms with van der Waals surface area (Å²) in [5.41, 5.74) is 4.91. The third-order valence-corrected chi connectivity index (χ3v) is 5.24. The van der Waals surface area contributed by atoms with E-state index >= 15 is 0 Å². The first kappa shape index (κ1) is 15.8. The fourth-order valence-corrected chi connectivity index (χ4v) is 3.99. The number of benzene rings is 3. The van der Waals surface area contributed by atoms with Crippen molar-refractivity contribution in [2.45, 2.75) is 10.6 Å². The smallest absolute Gasteiger partial charge is 0.134 e. The van der Waals surface area contributed by atoms with Crippen molar-refractivity contribution in [1.29, 1.82) is 0 Å². The number of hydrogen-bond acceptors (Lipinski definition) is 2. The number of hydrogen-bond donors (Lipinski definition) is 0. The molecule has 2 heteroatoms. The van der Waals surface area contributed by atoms with Crippen molar-refractivity contribution in [2.24, 2.45) is 0 Å². The number of rotatable bonds is 5. The Balaban J connectivity index is 1.77. The highest BCUT2D eigenvalue weighted by atomic mass is 32.2. The van der Waals surface area contributed by atoms with E-state index in [0.717, 1.165) is 17.1 Å². The second-order valence-corrected chi connectivity index (χ2v) is 6.81. The van der Waals surface area contributed by atoms with Gasteiger partial charge in [0.2, 0.25) is 0 Å². The SMILES string of the molecule is c1ccc(CSc2cccc(-c3ccco3)c2-c2ccccc2)cc1. The summed E-state index contributed by atoms with van der Waals surface area (Å²) in [5, 5.41) is 0. The van der Waals surface area contributed by atoms with Gasteiger partial charge in [0, 0.05) is 21.8 Å². The molecule has 1 nitrogen and oxygen atoms in total. The number of furan rings is 1. The Kier molecular flexibility index (Phi) is 4.71. The summed E-state index contributed by atoms with van der Waals surface area (Å²) in [5.74, 6) is 1.85. The van der Waals surface area contributed by atoms with Crippen LogP contribution in [0.1, 0.15) is 5.56 Å². The van der Waals surface area contributed by atoms with Gasteiger partial charge in [-0.15, -0.1) is 11.8 Å². The lowest BCUT2D eigenvalue weighted by Gasteiger charge is -2.14. The lowest BCUT2D eigenvalue weighted by atomic mass is 9.98. The minimum absolute atomic E-state index is 0.904. The second-order valence-electron chi connectivity index (χ2n) is 5.80. The van der Waals surface area contributed by atoms with Gasteiger partial charge in [-0.25, -0.2) is 0 Å². The molecule has 0 radical (unpaired) electrons. The Hall–Kier alpha value is -2.71. The molecule has 0 bridgehead atoms. The van der Waals surface area contributed by atoms with Crippen LogP contribution in [-0.2, 0) is 5.75 Å². The van der Waals surface area contributed by atoms with E-state index in [1.165, 1.54) is 21.6 Å². The molecule has 3 aromatic carbocycles. The average Bonchev–Trinajstić information content (AvgIpc) is 3.22. The minimum atomic E-state index is 0.904. The zero-order chi connectivity index (χ0) is 16.9. The fourth-order valence-electron chi connectivity index (χ4n) is 2.93. The predicted molar refractivity (Wildman–Crippen MR) is 106 cm³/mol. The predicted octanol–water partition coefficient (Wildman–Crippen LogP) is 6.91. The summed E-state index contributed by atoms with van der Waals surface area (Å²) in [6.07, 6.45) is 1.73. The Morgan fingerprint density at radius 3 is 2.16 bits per heavy atom. The lowest BCUT2D eigenvalue weighted by Crippen LogP contribution is -1.89. The van der Waals surface area contributed by atoms with Gasteiger partial charge >= 0.3 is 0 Å². The zero-order valence-corrected chi connectivity index (χ0v) is 14.6. The van der Waals surface area contributed by atoms with Gasteiger partial charge in [0.15, 0.2) is 0 Å². The van der Waals surface area contributed by atoms with Gasteiger partial charge in [-0.05, 0) is 29.3 Å². The molecule has 4 aromatic rings. The molecule has 25 heavy (non-hydrogen) atoms. The van der Waals surface area contributed by atoms with Crippen molar-refractivity contribution in [1.82, 2.24) is 0 Å². The third kappa shape index (κ3) is 3.54. The molecule has 0 aliphatic heterocycles. The van der Waals surface area contributed by atoms with E-state index in [4.69, 9.17) is 4.42 Å². The van der Waals surface area contributed by atoms with Crippen molar-refractivity contribution < 1.29 is 4.42 Å². The highest BCUT2D eigenvalue weighted by molar-refractivity contribution is 7.98. The first-order valence-electron chi connectivity index (χ1n) is 8.31. The van der Waals surface area contributed by atoms with Crippen molar-refractivity contribution in [3.05, 3.63) is 103 Å². The Labute approximate surface area is 152 Å². The van der Waals surface area contributed by atoms with E-state index in [9.17, 15) is 0 Å². The molecular weight excluding hydrogens is 324 g/mol. The van der Waals surface area contributed by atoms with Crippen LogP contribution in [0.3, 0.4) is 0 Å². The molecule has 0 saturated heterocycles. The molecule has 4 rings (SSSR count). The van der Waals surface area contributed by atoms with Crippen molar-refractivity contribution >= 4 is 11.8 Å². The monoisotopic (exact) mass is 342 g/mol. The van der Waals surface area contributed by atoms with Crippen LogP contribution < -0.4 is 0 Å². The average molecular weight is 342 g/mol. The molecule has 0 saturated carbocycles. The normalized spacial score (nSPS) is 10.7. The first-order valence-corrected chi connectivity index (χ1v) is 9.29. The van der Waals surface area contributed by atoms with E-state index in [0.29, 0.717) is 0 Å². The van der Waals surface area contributed by atoms with Gasteiger partial charge in [0.25, 0.3) is 0 Å². The zero-order valence-electron chi connectivity index (χ0n) is 13.8. The summed E-state index contributed by atoms with van der Waals surface area (Å²) in [4.78, 5) is 1.27. The van der Waals surface area contributed by atoms with Gasteiger partial charge < -0.3 is 4.42 Å². The van der Waals surface area contributed by atoms with Crippen LogP contribution in [0.15, 0.2) is 107 Å². The fraction of sp³-hybridized carbons (Fsp3) is 0.0435. The maximum absolute atomic E-state index is 5.69. The van der Waals surface area contributed by atoms with Gasteiger partial charge in [0.1, 0.15) is 5.76 Å². The first-order chi connectivity index (χ1) is 12.4. The van der Waals surface area contributed by atoms with Crippen LogP contribution in [0.4, 0.5) is 0 Å². The molecule has 0 amide bonds. The van der Waals surface area contributed by atoms with E-state index in [2.05, 4.69) is 78.9 Å². The molecule has 0 fully saturated rings. The number of thioether (sulfide) groups is 1. The van der Waals surface area contributed by atoms with Crippen molar-refractivity contribution in [3.8, 4) is 22.5 Å². The van der Waals surface area contributed by atoms with Crippen LogP contribution in [0.2, 0.25) is 0 Å². The van der Waals surface area contributed by atoms with Crippen LogP contribution in [0, 0.1) is 0 Å². The largest absolute Gasteiger partial charge is 0.464 e. The molecule has 0 unspecified atom stereocenters. The molecule has 0 N–H and O–H groups in total. The van der Waals surface area contributed by atoms with Crippen LogP contribution >= 0.6 is 11.8 Å². The van der Waals surface area contributed by atoms with E-state index in [1.54, 1.807) is 6.26 Å². The quantitative estimate of drug-likeness (QED) is 0.366. The minimum Gasteiger partial charge on any atom is -0.464 e. The standard InChI is InChI=1S/C23H18OS/c1-3-9-18(10-4-1)17-25-22-15-7-13-20(21-14-8-16-24-21)23(22)19-11-5-2-6-12-19/h1-16H,17H2. The topological polar surface area (TPSA) is 13.1 Å². The maximum Gasteiger partial charge on any atom is 0.134 e. The molecule has 0 aliphatic carbocycles. The van der Waals surface area contributed by atoms with Gasteiger partial charge in [0.05, 0.1) is 6.26 Å². The molecule has 1 aromatic heterocycles. The van der Waals surface area contributed by atoms with Crippen LogP contribution in [0.5, 0.6) is 0 Å². The summed E-state index contributed by atoms with van der Waals surface area (Å²) in [7, 11) is 0. The van der Waals surface area contributed by atoms with E-state index in [-0.39, 0.29) is 0 Å². The highest BCUT2D eigenvalue weighted by Crippen LogP contribution is 2.40. The van der Waals surface area contributed by atoms with Gasteiger partial charge in [-0.3, -0.25) is 0 Å². The molecule has 1 heterocycles. The highest BCUT2D eigenvalue weighted by Gasteiger charge is 2.14. The summed E-state index contributed by atoms with van der Waals surface area (Å²) in [6.45, 7) is 0. The van der Waals surface area contributed by atoms with E-state index < -0.39 is 0 Å². The van der Waals surface area contributed by atoms with Gasteiger partial charge in [-0.1, -0.05) is 72.8 Å². The molecule has 0 spiro atoms. The molecule has 0 aliphatic rings. The second kappa shape index (κ2) is 7.45. The molecule has 0 atom stereocenters.